The Balaban J connectivity index is 1.52. The average Bonchev–Trinajstić information content (AvgIpc) is 3.64. The van der Waals surface area contributed by atoms with E-state index in [-0.39, 0.29) is 5.97 Å². The van der Waals surface area contributed by atoms with Crippen molar-refractivity contribution in [3.05, 3.63) is 101 Å². The number of cyclic esters (lactones) is 1. The SMILES string of the molecule is CCCCCCCCn1c(C)c(C2(c3c(C)n(CCCCCCCC)c4ccccc34)OC(=O)c3cccnc32)c2ccccc21. The maximum absolute atomic E-state index is 13.9. The lowest BCUT2D eigenvalue weighted by Gasteiger charge is -2.30. The van der Waals surface area contributed by atoms with Crippen LogP contribution >= 0.6 is 0 Å². The first kappa shape index (κ1) is 32.1. The van der Waals surface area contributed by atoms with Crippen molar-refractivity contribution in [2.45, 2.75) is 123 Å². The fourth-order valence-corrected chi connectivity index (χ4v) is 7.98. The number of aryl methyl sites for hydroxylation is 2. The molecule has 0 aliphatic carbocycles. The number of unbranched alkanes of at least 4 members (excludes halogenated alkanes) is 10. The third-order valence-electron chi connectivity index (χ3n) is 10.2. The van der Waals surface area contributed by atoms with Gasteiger partial charge in [-0.3, -0.25) is 4.98 Å². The molecule has 0 spiro atoms. The van der Waals surface area contributed by atoms with Gasteiger partial charge in [-0.15, -0.1) is 0 Å². The van der Waals surface area contributed by atoms with Gasteiger partial charge in [-0.25, -0.2) is 4.79 Å². The summed E-state index contributed by atoms with van der Waals surface area (Å²) in [6, 6.07) is 21.1. The normalized spacial score (nSPS) is 14.0. The van der Waals surface area contributed by atoms with Crippen molar-refractivity contribution in [2.75, 3.05) is 0 Å². The van der Waals surface area contributed by atoms with E-state index >= 15 is 0 Å². The van der Waals surface area contributed by atoms with Gasteiger partial charge in [-0.05, 0) is 51.0 Å². The van der Waals surface area contributed by atoms with Crippen molar-refractivity contribution in [3.8, 4) is 0 Å². The topological polar surface area (TPSA) is 49.0 Å². The Morgan fingerprint density at radius 3 is 1.63 bits per heavy atom. The van der Waals surface area contributed by atoms with Crippen molar-refractivity contribution >= 4 is 27.8 Å². The van der Waals surface area contributed by atoms with Crippen LogP contribution in [-0.4, -0.2) is 20.1 Å². The fourth-order valence-electron chi connectivity index (χ4n) is 7.98. The van der Waals surface area contributed by atoms with Gasteiger partial charge >= 0.3 is 5.97 Å². The van der Waals surface area contributed by atoms with Crippen LogP contribution in [0, 0.1) is 13.8 Å². The molecule has 5 heteroatoms. The van der Waals surface area contributed by atoms with Gasteiger partial charge in [0.05, 0.1) is 5.56 Å². The maximum Gasteiger partial charge on any atom is 0.341 e. The van der Waals surface area contributed by atoms with Crippen molar-refractivity contribution in [3.63, 3.8) is 0 Å². The summed E-state index contributed by atoms with van der Waals surface area (Å²) in [5.74, 6) is -0.303. The highest BCUT2D eigenvalue weighted by Gasteiger charge is 2.54. The average molecular weight is 618 g/mol. The minimum atomic E-state index is -1.15. The van der Waals surface area contributed by atoms with Crippen LogP contribution in [0.3, 0.4) is 0 Å². The molecule has 0 amide bonds. The van der Waals surface area contributed by atoms with Crippen LogP contribution in [0.1, 0.15) is 129 Å². The van der Waals surface area contributed by atoms with Gasteiger partial charge in [0.1, 0.15) is 5.69 Å². The summed E-state index contributed by atoms with van der Waals surface area (Å²) in [5.41, 5.74) is 6.88. The lowest BCUT2D eigenvalue weighted by atomic mass is 9.80. The van der Waals surface area contributed by atoms with Crippen LogP contribution in [-0.2, 0) is 23.4 Å². The van der Waals surface area contributed by atoms with Gasteiger partial charge in [0.2, 0.25) is 5.60 Å². The molecule has 0 radical (unpaired) electrons. The van der Waals surface area contributed by atoms with Crippen molar-refractivity contribution < 1.29 is 9.53 Å². The number of para-hydroxylation sites is 2. The second kappa shape index (κ2) is 14.3. The van der Waals surface area contributed by atoms with Crippen LogP contribution in [0.5, 0.6) is 0 Å². The van der Waals surface area contributed by atoms with E-state index in [9.17, 15) is 4.79 Å². The van der Waals surface area contributed by atoms with Crippen molar-refractivity contribution in [2.24, 2.45) is 0 Å². The molecule has 0 N–H and O–H groups in total. The van der Waals surface area contributed by atoms with E-state index in [0.29, 0.717) is 11.3 Å². The number of benzene rings is 2. The molecule has 2 aromatic carbocycles. The highest BCUT2D eigenvalue weighted by atomic mass is 16.6. The van der Waals surface area contributed by atoms with Crippen LogP contribution in [0.25, 0.3) is 21.8 Å². The van der Waals surface area contributed by atoms with E-state index in [0.717, 1.165) is 59.2 Å². The third kappa shape index (κ3) is 5.67. The number of nitrogens with zero attached hydrogens (tertiary/aromatic N) is 3. The fraction of sp³-hybridized carbons (Fsp3) is 0.463. The molecule has 5 aromatic rings. The number of carbonyl (C=O) groups is 1. The Morgan fingerprint density at radius 1 is 0.630 bits per heavy atom. The zero-order valence-electron chi connectivity index (χ0n) is 28.4. The quantitative estimate of drug-likeness (QED) is 0.0817. The zero-order valence-corrected chi connectivity index (χ0v) is 28.4. The molecular formula is C41H51N3O2. The minimum absolute atomic E-state index is 0.303. The zero-order chi connectivity index (χ0) is 32.1. The number of ether oxygens (including phenoxy) is 1. The molecule has 0 unspecified atom stereocenters. The lowest BCUT2D eigenvalue weighted by Crippen LogP contribution is -2.32. The summed E-state index contributed by atoms with van der Waals surface area (Å²) in [6.07, 6.45) is 16.8. The standard InChI is InChI=1S/C41H51N3O2/c1-5-7-9-11-13-19-28-43-30(3)37(32-22-15-17-25-35(32)43)41(39-34(40(45)46-41)24-21-27-42-39)38-31(4)44(29-20-14-12-10-8-6-2)36-26-18-16-23-33(36)38/h15-18,21-27H,5-14,19-20,28-29H2,1-4H3. The number of rotatable bonds is 16. The van der Waals surface area contributed by atoms with Crippen LogP contribution in [0.2, 0.25) is 0 Å². The number of carbonyl (C=O) groups excluding carboxylic acids is 1. The third-order valence-corrected chi connectivity index (χ3v) is 10.2. The first-order valence-corrected chi connectivity index (χ1v) is 17.9. The predicted octanol–water partition coefficient (Wildman–Crippen LogP) is 10.8. The summed E-state index contributed by atoms with van der Waals surface area (Å²) in [7, 11) is 0. The molecule has 0 bridgehead atoms. The molecule has 1 aliphatic heterocycles. The monoisotopic (exact) mass is 617 g/mol. The van der Waals surface area contributed by atoms with E-state index in [4.69, 9.17) is 9.72 Å². The molecule has 3 aromatic heterocycles. The Morgan fingerprint density at radius 2 is 1.11 bits per heavy atom. The lowest BCUT2D eigenvalue weighted by molar-refractivity contribution is 0.0247. The van der Waals surface area contributed by atoms with Crippen LogP contribution < -0.4 is 0 Å². The minimum Gasteiger partial charge on any atom is -0.439 e. The number of aromatic nitrogens is 3. The molecule has 0 saturated heterocycles. The van der Waals surface area contributed by atoms with Gasteiger partial charge < -0.3 is 13.9 Å². The largest absolute Gasteiger partial charge is 0.439 e. The predicted molar refractivity (Wildman–Crippen MR) is 190 cm³/mol. The molecule has 0 fully saturated rings. The molecule has 242 valence electrons. The molecule has 5 nitrogen and oxygen atoms in total. The molecule has 46 heavy (non-hydrogen) atoms. The Hall–Kier alpha value is -3.86. The number of hydrogen-bond donors (Lipinski definition) is 0. The summed E-state index contributed by atoms with van der Waals surface area (Å²) < 4.78 is 11.7. The van der Waals surface area contributed by atoms with Gasteiger partial charge in [0, 0.05) is 63.6 Å². The first-order valence-electron chi connectivity index (χ1n) is 17.9. The number of pyridine rings is 1. The van der Waals surface area contributed by atoms with Crippen molar-refractivity contribution in [1.29, 1.82) is 0 Å². The van der Waals surface area contributed by atoms with Crippen LogP contribution in [0.4, 0.5) is 0 Å². The molecule has 0 atom stereocenters. The van der Waals surface area contributed by atoms with E-state index in [1.54, 1.807) is 0 Å². The van der Waals surface area contributed by atoms with E-state index < -0.39 is 5.60 Å². The highest BCUT2D eigenvalue weighted by Crippen LogP contribution is 2.53. The highest BCUT2D eigenvalue weighted by molar-refractivity contribution is 6.00. The van der Waals surface area contributed by atoms with E-state index in [1.807, 2.05) is 18.3 Å². The molecule has 6 rings (SSSR count). The smallest absolute Gasteiger partial charge is 0.341 e. The molecule has 1 aliphatic rings. The van der Waals surface area contributed by atoms with Gasteiger partial charge in [0.15, 0.2) is 0 Å². The molecular weight excluding hydrogens is 566 g/mol. The summed E-state index contributed by atoms with van der Waals surface area (Å²) >= 11 is 0. The summed E-state index contributed by atoms with van der Waals surface area (Å²) in [5, 5.41) is 2.26. The second-order valence-corrected chi connectivity index (χ2v) is 13.3. The number of hydrogen-bond acceptors (Lipinski definition) is 3. The summed E-state index contributed by atoms with van der Waals surface area (Å²) in [4.78, 5) is 18.8. The Kier molecular flexibility index (Phi) is 9.96. The summed E-state index contributed by atoms with van der Waals surface area (Å²) in [6.45, 7) is 10.8. The maximum atomic E-state index is 13.9. The molecule has 4 heterocycles. The van der Waals surface area contributed by atoms with Crippen LogP contribution in [0.15, 0.2) is 66.9 Å². The van der Waals surface area contributed by atoms with Gasteiger partial charge in [0.25, 0.3) is 0 Å². The van der Waals surface area contributed by atoms with Gasteiger partial charge in [-0.1, -0.05) is 114 Å². The Labute approximate surface area is 275 Å². The molecule has 0 saturated carbocycles. The van der Waals surface area contributed by atoms with Gasteiger partial charge in [-0.2, -0.15) is 0 Å². The van der Waals surface area contributed by atoms with E-state index in [1.165, 1.54) is 75.2 Å². The first-order chi connectivity index (χ1) is 22.5. The number of fused-ring (bicyclic) bond motifs is 3. The Bertz CT molecular complexity index is 1710. The van der Waals surface area contributed by atoms with Crippen molar-refractivity contribution in [1.82, 2.24) is 14.1 Å². The number of esters is 1. The second-order valence-electron chi connectivity index (χ2n) is 13.3. The van der Waals surface area contributed by atoms with E-state index in [2.05, 4.69) is 85.4 Å².